The molecule has 1 aliphatic rings. The van der Waals surface area contributed by atoms with Crippen molar-refractivity contribution in [2.24, 2.45) is 5.92 Å². The molecule has 0 spiro atoms. The van der Waals surface area contributed by atoms with Gasteiger partial charge in [0, 0.05) is 17.4 Å². The molecule has 0 amide bonds. The summed E-state index contributed by atoms with van der Waals surface area (Å²) in [6.07, 6.45) is 3.93. The Bertz CT molecular complexity index is 369. The molecule has 1 N–H and O–H groups in total. The zero-order chi connectivity index (χ0) is 13.8. The minimum absolute atomic E-state index is 0.550. The van der Waals surface area contributed by atoms with Crippen LogP contribution in [0.15, 0.2) is 12.1 Å². The van der Waals surface area contributed by atoms with Crippen molar-refractivity contribution < 1.29 is 0 Å². The van der Waals surface area contributed by atoms with E-state index in [1.165, 1.54) is 50.3 Å². The highest BCUT2D eigenvalue weighted by Gasteiger charge is 2.23. The van der Waals surface area contributed by atoms with Gasteiger partial charge in [0.15, 0.2) is 0 Å². The van der Waals surface area contributed by atoms with Crippen LogP contribution in [0.1, 0.15) is 44.5 Å². The van der Waals surface area contributed by atoms with E-state index in [9.17, 15) is 0 Å². The topological polar surface area (TPSA) is 20.2 Å². The molecule has 1 aromatic heterocycles. The normalized spacial score (nSPS) is 19.6. The van der Waals surface area contributed by atoms with Gasteiger partial charge in [-0.1, -0.05) is 6.92 Å². The summed E-state index contributed by atoms with van der Waals surface area (Å²) >= 11 is 0. The quantitative estimate of drug-likeness (QED) is 0.880. The van der Waals surface area contributed by atoms with Gasteiger partial charge >= 0.3 is 0 Å². The van der Waals surface area contributed by atoms with Crippen molar-refractivity contribution >= 4 is 0 Å². The third kappa shape index (κ3) is 3.53. The molecule has 108 valence electrons. The number of nitrogens with zero attached hydrogens (tertiary/aromatic N) is 2. The highest BCUT2D eigenvalue weighted by atomic mass is 15.4. The zero-order valence-electron chi connectivity index (χ0n) is 12.9. The molecule has 1 aliphatic heterocycles. The maximum Gasteiger partial charge on any atom is 0.0425 e. The fraction of sp³-hybridized carbons (Fsp3) is 0.750. The van der Waals surface area contributed by atoms with E-state index in [1.807, 2.05) is 0 Å². The first-order chi connectivity index (χ1) is 9.11. The lowest BCUT2D eigenvalue weighted by Gasteiger charge is -2.35. The summed E-state index contributed by atoms with van der Waals surface area (Å²) in [6, 6.07) is 4.91. The Balaban J connectivity index is 1.86. The van der Waals surface area contributed by atoms with Gasteiger partial charge in [0.1, 0.15) is 0 Å². The second-order valence-electron chi connectivity index (χ2n) is 6.05. The lowest BCUT2D eigenvalue weighted by atomic mass is 9.90. The van der Waals surface area contributed by atoms with Crippen LogP contribution >= 0.6 is 0 Å². The molecule has 0 radical (unpaired) electrons. The van der Waals surface area contributed by atoms with Gasteiger partial charge in [0.2, 0.25) is 0 Å². The van der Waals surface area contributed by atoms with Crippen LogP contribution in [0.4, 0.5) is 0 Å². The fourth-order valence-electron chi connectivity index (χ4n) is 3.17. The molecule has 0 aromatic carbocycles. The van der Waals surface area contributed by atoms with Gasteiger partial charge in [-0.2, -0.15) is 0 Å². The Labute approximate surface area is 118 Å². The summed E-state index contributed by atoms with van der Waals surface area (Å²) in [5.74, 6) is 0.800. The molecule has 1 unspecified atom stereocenters. The molecule has 2 heterocycles. The summed E-state index contributed by atoms with van der Waals surface area (Å²) in [6.45, 7) is 12.7. The van der Waals surface area contributed by atoms with Gasteiger partial charge in [-0.25, -0.2) is 0 Å². The smallest absolute Gasteiger partial charge is 0.0425 e. The number of rotatable bonds is 5. The van der Waals surface area contributed by atoms with Crippen molar-refractivity contribution in [3.63, 3.8) is 0 Å². The fourth-order valence-corrected chi connectivity index (χ4v) is 3.17. The maximum absolute atomic E-state index is 3.67. The Hall–Kier alpha value is -0.960. The van der Waals surface area contributed by atoms with Crippen LogP contribution in [-0.4, -0.2) is 35.3 Å². The van der Waals surface area contributed by atoms with Crippen molar-refractivity contribution in [2.45, 2.75) is 53.0 Å². The van der Waals surface area contributed by atoms with Gasteiger partial charge in [0.25, 0.3) is 0 Å². The van der Waals surface area contributed by atoms with E-state index < -0.39 is 0 Å². The molecule has 1 atom stereocenters. The van der Waals surface area contributed by atoms with Crippen LogP contribution < -0.4 is 5.43 Å². The van der Waals surface area contributed by atoms with Crippen LogP contribution in [0.3, 0.4) is 0 Å². The number of nitrogens with one attached hydrogen (secondary N) is 1. The number of aryl methyl sites for hydroxylation is 2. The van der Waals surface area contributed by atoms with Crippen LogP contribution in [0.25, 0.3) is 0 Å². The second kappa shape index (κ2) is 6.47. The summed E-state index contributed by atoms with van der Waals surface area (Å²) < 4.78 is 2.24. The molecular formula is C16H29N3. The first kappa shape index (κ1) is 14.4. The first-order valence-corrected chi connectivity index (χ1v) is 7.75. The predicted octanol–water partition coefficient (Wildman–Crippen LogP) is 3.16. The standard InChI is InChI=1S/C16H29N3/c1-5-10-18-11-8-16(9-12-18)15(4)17-19-13(2)6-7-14(19)3/h6-7,15-17H,5,8-12H2,1-4H3. The van der Waals surface area contributed by atoms with E-state index >= 15 is 0 Å². The van der Waals surface area contributed by atoms with Crippen molar-refractivity contribution in [2.75, 3.05) is 25.1 Å². The molecule has 3 heteroatoms. The van der Waals surface area contributed by atoms with Gasteiger partial charge < -0.3 is 10.3 Å². The Kier molecular flexibility index (Phi) is 4.92. The monoisotopic (exact) mass is 263 g/mol. The number of hydrogen-bond donors (Lipinski definition) is 1. The maximum atomic E-state index is 3.67. The zero-order valence-corrected chi connectivity index (χ0v) is 12.9. The molecule has 1 saturated heterocycles. The van der Waals surface area contributed by atoms with Crippen LogP contribution in [-0.2, 0) is 0 Å². The summed E-state index contributed by atoms with van der Waals surface area (Å²) in [4.78, 5) is 2.61. The first-order valence-electron chi connectivity index (χ1n) is 7.75. The van der Waals surface area contributed by atoms with Gasteiger partial charge in [-0.3, -0.25) is 4.68 Å². The molecule has 0 bridgehead atoms. The SMILES string of the molecule is CCCN1CCC(C(C)Nn2c(C)ccc2C)CC1. The van der Waals surface area contributed by atoms with Crippen molar-refractivity contribution in [1.29, 1.82) is 0 Å². The van der Waals surface area contributed by atoms with Crippen LogP contribution in [0.2, 0.25) is 0 Å². The van der Waals surface area contributed by atoms with Crippen molar-refractivity contribution in [3.05, 3.63) is 23.5 Å². The van der Waals surface area contributed by atoms with Crippen molar-refractivity contribution in [3.8, 4) is 0 Å². The summed E-state index contributed by atoms with van der Waals surface area (Å²) in [7, 11) is 0. The Morgan fingerprint density at radius 1 is 1.21 bits per heavy atom. The summed E-state index contributed by atoms with van der Waals surface area (Å²) in [5, 5.41) is 0. The van der Waals surface area contributed by atoms with E-state index in [2.05, 4.69) is 54.8 Å². The lowest BCUT2D eigenvalue weighted by molar-refractivity contribution is 0.173. The number of aromatic nitrogens is 1. The van der Waals surface area contributed by atoms with Gasteiger partial charge in [0.05, 0.1) is 0 Å². The average Bonchev–Trinajstić information content (AvgIpc) is 2.72. The van der Waals surface area contributed by atoms with E-state index in [-0.39, 0.29) is 0 Å². The Morgan fingerprint density at radius 3 is 2.32 bits per heavy atom. The largest absolute Gasteiger partial charge is 0.323 e. The molecule has 3 nitrogen and oxygen atoms in total. The highest BCUT2D eigenvalue weighted by molar-refractivity contribution is 5.16. The predicted molar refractivity (Wildman–Crippen MR) is 82.2 cm³/mol. The summed E-state index contributed by atoms with van der Waals surface area (Å²) in [5.41, 5.74) is 6.27. The molecule has 1 fully saturated rings. The van der Waals surface area contributed by atoms with E-state index in [0.717, 1.165) is 5.92 Å². The van der Waals surface area contributed by atoms with Gasteiger partial charge in [-0.05, 0) is 77.7 Å². The minimum atomic E-state index is 0.550. The highest BCUT2D eigenvalue weighted by Crippen LogP contribution is 2.21. The van der Waals surface area contributed by atoms with E-state index in [1.54, 1.807) is 0 Å². The van der Waals surface area contributed by atoms with Crippen LogP contribution in [0, 0.1) is 19.8 Å². The van der Waals surface area contributed by atoms with E-state index in [0.29, 0.717) is 6.04 Å². The average molecular weight is 263 g/mol. The molecule has 19 heavy (non-hydrogen) atoms. The molecule has 2 rings (SSSR count). The second-order valence-corrected chi connectivity index (χ2v) is 6.05. The lowest BCUT2D eigenvalue weighted by Crippen LogP contribution is -2.41. The number of likely N-dealkylation sites (tertiary alicyclic amines) is 1. The third-order valence-electron chi connectivity index (χ3n) is 4.48. The molecular weight excluding hydrogens is 234 g/mol. The van der Waals surface area contributed by atoms with Crippen LogP contribution in [0.5, 0.6) is 0 Å². The van der Waals surface area contributed by atoms with Crippen molar-refractivity contribution in [1.82, 2.24) is 9.58 Å². The van der Waals surface area contributed by atoms with Gasteiger partial charge in [-0.15, -0.1) is 0 Å². The number of hydrogen-bond acceptors (Lipinski definition) is 2. The third-order valence-corrected chi connectivity index (χ3v) is 4.48. The number of piperidine rings is 1. The van der Waals surface area contributed by atoms with E-state index in [4.69, 9.17) is 0 Å². The Morgan fingerprint density at radius 2 is 1.79 bits per heavy atom. The molecule has 0 aliphatic carbocycles. The minimum Gasteiger partial charge on any atom is -0.323 e. The molecule has 1 aromatic rings. The molecule has 0 saturated carbocycles.